The molecule has 7 heteroatoms. The summed E-state index contributed by atoms with van der Waals surface area (Å²) < 4.78 is 5.15. The molecule has 0 radical (unpaired) electrons. The van der Waals surface area contributed by atoms with Crippen molar-refractivity contribution in [3.63, 3.8) is 0 Å². The second kappa shape index (κ2) is 10.3. The molecule has 0 aliphatic carbocycles. The van der Waals surface area contributed by atoms with Crippen LogP contribution in [0.1, 0.15) is 44.2 Å². The zero-order valence-electron chi connectivity index (χ0n) is 19.6. The van der Waals surface area contributed by atoms with Gasteiger partial charge in [-0.05, 0) is 55.7 Å². The average Bonchev–Trinajstić information content (AvgIpc) is 2.79. The highest BCUT2D eigenvalue weighted by Crippen LogP contribution is 2.34. The highest BCUT2D eigenvalue weighted by atomic mass is 16.5. The van der Waals surface area contributed by atoms with Crippen LogP contribution in [0.25, 0.3) is 5.57 Å². The fraction of sp³-hybridized carbons (Fsp3) is 0.346. The minimum absolute atomic E-state index is 0.00787. The number of anilines is 1. The summed E-state index contributed by atoms with van der Waals surface area (Å²) in [6.07, 6.45) is 2.00. The van der Waals surface area contributed by atoms with Crippen LogP contribution in [0.4, 0.5) is 5.69 Å². The molecule has 0 fully saturated rings. The summed E-state index contributed by atoms with van der Waals surface area (Å²) in [5.74, 6) is -0.700. The topological polar surface area (TPSA) is 96.5 Å². The number of methoxy groups -OCH3 is 1. The van der Waals surface area contributed by atoms with Crippen molar-refractivity contribution in [2.24, 2.45) is 0 Å². The molecule has 0 spiro atoms. The number of carbonyl (C=O) groups excluding carboxylic acids is 3. The van der Waals surface area contributed by atoms with E-state index < -0.39 is 17.4 Å². The molecule has 7 nitrogen and oxygen atoms in total. The minimum Gasteiger partial charge on any atom is -0.497 e. The number of aryl methyl sites for hydroxylation is 1. The molecule has 0 aromatic heterocycles. The number of unbranched alkanes of at least 4 members (excludes halogenated alkanes) is 1. The van der Waals surface area contributed by atoms with Crippen LogP contribution in [0.5, 0.6) is 5.75 Å². The first-order valence-corrected chi connectivity index (χ1v) is 11.1. The number of rotatable bonds is 8. The van der Waals surface area contributed by atoms with E-state index in [0.717, 1.165) is 24.0 Å². The predicted molar refractivity (Wildman–Crippen MR) is 129 cm³/mol. The van der Waals surface area contributed by atoms with Gasteiger partial charge in [0.05, 0.1) is 7.11 Å². The molecule has 2 aromatic rings. The van der Waals surface area contributed by atoms with Crippen LogP contribution in [0.3, 0.4) is 0 Å². The molecule has 2 aromatic carbocycles. The van der Waals surface area contributed by atoms with Gasteiger partial charge in [0.25, 0.3) is 11.8 Å². The lowest BCUT2D eigenvalue weighted by Gasteiger charge is -2.35. The predicted octanol–water partition coefficient (Wildman–Crippen LogP) is 3.59. The van der Waals surface area contributed by atoms with E-state index in [1.807, 2.05) is 38.1 Å². The first kappa shape index (κ1) is 24.0. The monoisotopic (exact) mass is 449 g/mol. The van der Waals surface area contributed by atoms with Crippen LogP contribution in [0.15, 0.2) is 54.1 Å². The normalized spacial score (nSPS) is 17.9. The van der Waals surface area contributed by atoms with Crippen LogP contribution >= 0.6 is 0 Å². The van der Waals surface area contributed by atoms with E-state index in [2.05, 4.69) is 16.0 Å². The fourth-order valence-electron chi connectivity index (χ4n) is 3.76. The molecule has 3 amide bonds. The number of benzene rings is 2. The third-order valence-electron chi connectivity index (χ3n) is 5.74. The van der Waals surface area contributed by atoms with E-state index in [-0.39, 0.29) is 17.9 Å². The summed E-state index contributed by atoms with van der Waals surface area (Å²) in [5.41, 5.74) is 1.72. The molecule has 1 aliphatic rings. The van der Waals surface area contributed by atoms with Gasteiger partial charge in [-0.25, -0.2) is 0 Å². The average molecular weight is 450 g/mol. The molecular weight excluding hydrogens is 418 g/mol. The third-order valence-corrected chi connectivity index (χ3v) is 5.74. The van der Waals surface area contributed by atoms with Crippen molar-refractivity contribution in [3.05, 3.63) is 65.2 Å². The first-order valence-electron chi connectivity index (χ1n) is 11.1. The standard InChI is InChI=1S/C26H31N3O4/c1-5-6-15-27-25(32)26(3)16-21(18-9-7-17(2)8-10-18)22(24(31)29-26)23(30)28-19-11-13-20(33-4)14-12-19/h7-14H,5-6,15-16H2,1-4H3,(H,27,32)(H,28,30)(H,29,31). The van der Waals surface area contributed by atoms with E-state index in [9.17, 15) is 14.4 Å². The largest absolute Gasteiger partial charge is 0.497 e. The first-order chi connectivity index (χ1) is 15.8. The Hall–Kier alpha value is -3.61. The Balaban J connectivity index is 1.97. The molecule has 174 valence electrons. The van der Waals surface area contributed by atoms with E-state index >= 15 is 0 Å². The van der Waals surface area contributed by atoms with Crippen LogP contribution in [-0.4, -0.2) is 36.9 Å². The Morgan fingerprint density at radius 1 is 1.09 bits per heavy atom. The van der Waals surface area contributed by atoms with E-state index in [1.54, 1.807) is 38.3 Å². The van der Waals surface area contributed by atoms with Gasteiger partial charge >= 0.3 is 0 Å². The van der Waals surface area contributed by atoms with Crippen LogP contribution in [0, 0.1) is 6.92 Å². The van der Waals surface area contributed by atoms with E-state index in [4.69, 9.17) is 4.74 Å². The molecule has 1 atom stereocenters. The van der Waals surface area contributed by atoms with Crippen LogP contribution in [0.2, 0.25) is 0 Å². The number of nitrogens with one attached hydrogen (secondary N) is 3. The lowest BCUT2D eigenvalue weighted by atomic mass is 9.81. The molecule has 1 aliphatic heterocycles. The highest BCUT2D eigenvalue weighted by molar-refractivity contribution is 6.29. The van der Waals surface area contributed by atoms with Gasteiger partial charge in [0.15, 0.2) is 0 Å². The molecule has 3 rings (SSSR count). The lowest BCUT2D eigenvalue weighted by molar-refractivity contribution is -0.132. The van der Waals surface area contributed by atoms with Gasteiger partial charge in [-0.3, -0.25) is 14.4 Å². The molecule has 0 saturated heterocycles. The van der Waals surface area contributed by atoms with Crippen molar-refractivity contribution >= 4 is 29.0 Å². The van der Waals surface area contributed by atoms with Crippen LogP contribution in [-0.2, 0) is 14.4 Å². The summed E-state index contributed by atoms with van der Waals surface area (Å²) in [6, 6.07) is 14.5. The summed E-state index contributed by atoms with van der Waals surface area (Å²) in [5, 5.41) is 8.47. The summed E-state index contributed by atoms with van der Waals surface area (Å²) in [7, 11) is 1.56. The fourth-order valence-corrected chi connectivity index (χ4v) is 3.76. The number of ether oxygens (including phenoxy) is 1. The Bertz CT molecular complexity index is 1060. The van der Waals surface area contributed by atoms with Crippen molar-refractivity contribution in [1.29, 1.82) is 0 Å². The maximum Gasteiger partial charge on any atom is 0.261 e. The van der Waals surface area contributed by atoms with Gasteiger partial charge < -0.3 is 20.7 Å². The van der Waals surface area contributed by atoms with Gasteiger partial charge in [-0.15, -0.1) is 0 Å². The minimum atomic E-state index is -1.16. The number of hydrogen-bond acceptors (Lipinski definition) is 4. The summed E-state index contributed by atoms with van der Waals surface area (Å²) in [4.78, 5) is 39.3. The zero-order valence-corrected chi connectivity index (χ0v) is 19.6. The van der Waals surface area contributed by atoms with Crippen molar-refractivity contribution in [3.8, 4) is 5.75 Å². The van der Waals surface area contributed by atoms with Crippen molar-refractivity contribution in [2.45, 2.75) is 45.6 Å². The second-order valence-electron chi connectivity index (χ2n) is 8.47. The SMILES string of the molecule is CCCCNC(=O)C1(C)CC(c2ccc(C)cc2)=C(C(=O)Nc2ccc(OC)cc2)C(=O)N1. The molecule has 0 bridgehead atoms. The van der Waals surface area contributed by atoms with E-state index in [0.29, 0.717) is 23.6 Å². The Kier molecular flexibility index (Phi) is 7.53. The van der Waals surface area contributed by atoms with Gasteiger partial charge in [-0.2, -0.15) is 0 Å². The summed E-state index contributed by atoms with van der Waals surface area (Å²) in [6.45, 7) is 6.24. The van der Waals surface area contributed by atoms with Gasteiger partial charge in [-0.1, -0.05) is 43.2 Å². The number of amides is 3. The molecule has 0 saturated carbocycles. The lowest BCUT2D eigenvalue weighted by Crippen LogP contribution is -2.60. The number of hydrogen-bond donors (Lipinski definition) is 3. The number of carbonyl (C=O) groups is 3. The van der Waals surface area contributed by atoms with Gasteiger partial charge in [0.1, 0.15) is 16.9 Å². The zero-order chi connectivity index (χ0) is 24.0. The van der Waals surface area contributed by atoms with Crippen molar-refractivity contribution in [1.82, 2.24) is 10.6 Å². The van der Waals surface area contributed by atoms with E-state index in [1.165, 1.54) is 0 Å². The molecule has 1 unspecified atom stereocenters. The van der Waals surface area contributed by atoms with Gasteiger partial charge in [0, 0.05) is 18.7 Å². The molecule has 1 heterocycles. The molecule has 3 N–H and O–H groups in total. The van der Waals surface area contributed by atoms with Crippen molar-refractivity contribution < 1.29 is 19.1 Å². The summed E-state index contributed by atoms with van der Waals surface area (Å²) >= 11 is 0. The highest BCUT2D eigenvalue weighted by Gasteiger charge is 2.43. The second-order valence-corrected chi connectivity index (χ2v) is 8.47. The third kappa shape index (κ3) is 5.61. The smallest absolute Gasteiger partial charge is 0.261 e. The quantitative estimate of drug-likeness (QED) is 0.424. The Morgan fingerprint density at radius 3 is 2.36 bits per heavy atom. The maximum atomic E-state index is 13.2. The van der Waals surface area contributed by atoms with Crippen LogP contribution < -0.4 is 20.7 Å². The van der Waals surface area contributed by atoms with Crippen molar-refractivity contribution in [2.75, 3.05) is 19.0 Å². The van der Waals surface area contributed by atoms with Gasteiger partial charge in [0.2, 0.25) is 5.91 Å². The maximum absolute atomic E-state index is 13.2. The Morgan fingerprint density at radius 2 is 1.76 bits per heavy atom. The molecular formula is C26H31N3O4. The molecule has 33 heavy (non-hydrogen) atoms. The Labute approximate surface area is 194 Å².